The zero-order chi connectivity index (χ0) is 7.28. The van der Waals surface area contributed by atoms with Crippen molar-refractivity contribution in [2.45, 2.75) is 13.8 Å². The monoisotopic (exact) mass is 146 g/mol. The lowest BCUT2D eigenvalue weighted by atomic mass is 10.5. The number of hydrogen-bond donors (Lipinski definition) is 1. The van der Waals surface area contributed by atoms with Crippen LogP contribution in [0.15, 0.2) is 5.10 Å². The molecule has 0 aliphatic heterocycles. The molecule has 0 saturated carbocycles. The van der Waals surface area contributed by atoms with Crippen molar-refractivity contribution >= 4 is 22.7 Å². The highest BCUT2D eigenvalue weighted by Crippen LogP contribution is 1.91. The van der Waals surface area contributed by atoms with Gasteiger partial charge in [-0.3, -0.25) is 4.79 Å². The van der Waals surface area contributed by atoms with Gasteiger partial charge in [-0.2, -0.15) is 5.10 Å². The fraction of sp³-hybridized carbons (Fsp3) is 0.600. The summed E-state index contributed by atoms with van der Waals surface area (Å²) < 4.78 is 0. The first kappa shape index (κ1) is 8.49. The van der Waals surface area contributed by atoms with Crippen LogP contribution in [0, 0.1) is 0 Å². The second-order valence-corrected chi connectivity index (χ2v) is 2.44. The van der Waals surface area contributed by atoms with Gasteiger partial charge in [-0.1, -0.05) is 11.8 Å². The SMILES string of the molecule is CSC(=O)NN=C(C)C. The van der Waals surface area contributed by atoms with Crippen LogP contribution in [0.4, 0.5) is 4.79 Å². The van der Waals surface area contributed by atoms with Crippen LogP contribution in [-0.2, 0) is 0 Å². The molecule has 9 heavy (non-hydrogen) atoms. The molecule has 0 radical (unpaired) electrons. The molecule has 0 aliphatic rings. The maximum Gasteiger partial charge on any atom is 0.298 e. The molecule has 0 aromatic carbocycles. The van der Waals surface area contributed by atoms with E-state index in [0.717, 1.165) is 17.5 Å². The molecule has 0 rings (SSSR count). The lowest BCUT2D eigenvalue weighted by molar-refractivity contribution is 0.261. The van der Waals surface area contributed by atoms with Crippen LogP contribution in [-0.4, -0.2) is 17.2 Å². The number of hydrazone groups is 1. The van der Waals surface area contributed by atoms with Crippen molar-refractivity contribution in [1.82, 2.24) is 5.43 Å². The molecule has 0 aliphatic carbocycles. The molecule has 0 heterocycles. The Morgan fingerprint density at radius 3 is 2.44 bits per heavy atom. The lowest BCUT2D eigenvalue weighted by Gasteiger charge is -1.93. The van der Waals surface area contributed by atoms with Gasteiger partial charge in [-0.25, -0.2) is 5.43 Å². The topological polar surface area (TPSA) is 41.5 Å². The molecular formula is C5H10N2OS. The van der Waals surface area contributed by atoms with Crippen LogP contribution in [0.25, 0.3) is 0 Å². The maximum absolute atomic E-state index is 10.5. The van der Waals surface area contributed by atoms with Crippen molar-refractivity contribution < 1.29 is 4.79 Å². The average Bonchev–Trinajstić information content (AvgIpc) is 1.83. The minimum Gasteiger partial charge on any atom is -0.260 e. The molecule has 0 unspecified atom stereocenters. The molecule has 52 valence electrons. The van der Waals surface area contributed by atoms with E-state index in [4.69, 9.17) is 0 Å². The van der Waals surface area contributed by atoms with Gasteiger partial charge < -0.3 is 0 Å². The van der Waals surface area contributed by atoms with Crippen molar-refractivity contribution in [2.24, 2.45) is 5.10 Å². The predicted octanol–water partition coefficient (Wildman–Crippen LogP) is 1.45. The number of amides is 1. The van der Waals surface area contributed by atoms with E-state index >= 15 is 0 Å². The first-order valence-corrected chi connectivity index (χ1v) is 3.74. The van der Waals surface area contributed by atoms with Crippen molar-refractivity contribution in [3.05, 3.63) is 0 Å². The van der Waals surface area contributed by atoms with Crippen LogP contribution in [0.5, 0.6) is 0 Å². The Hall–Kier alpha value is -0.510. The summed E-state index contributed by atoms with van der Waals surface area (Å²) in [5, 5.41) is 3.56. The van der Waals surface area contributed by atoms with Crippen molar-refractivity contribution in [1.29, 1.82) is 0 Å². The molecule has 0 saturated heterocycles. The molecule has 0 aromatic rings. The first-order chi connectivity index (χ1) is 4.16. The van der Waals surface area contributed by atoms with E-state index in [9.17, 15) is 4.79 Å². The second kappa shape index (κ2) is 4.38. The molecule has 0 atom stereocenters. The summed E-state index contributed by atoms with van der Waals surface area (Å²) >= 11 is 1.11. The third-order valence-corrected chi connectivity index (χ3v) is 1.02. The number of thioether (sulfide) groups is 1. The number of rotatable bonds is 1. The quantitative estimate of drug-likeness (QED) is 0.449. The van der Waals surface area contributed by atoms with Gasteiger partial charge in [0.2, 0.25) is 0 Å². The molecule has 0 fully saturated rings. The van der Waals surface area contributed by atoms with E-state index < -0.39 is 0 Å². The summed E-state index contributed by atoms with van der Waals surface area (Å²) in [6.45, 7) is 3.64. The minimum absolute atomic E-state index is 0.129. The van der Waals surface area contributed by atoms with Gasteiger partial charge in [-0.05, 0) is 20.1 Å². The first-order valence-electron chi connectivity index (χ1n) is 2.51. The minimum atomic E-state index is -0.129. The van der Waals surface area contributed by atoms with Gasteiger partial charge in [0.15, 0.2) is 0 Å². The van der Waals surface area contributed by atoms with Crippen LogP contribution in [0.1, 0.15) is 13.8 Å². The highest BCUT2D eigenvalue weighted by molar-refractivity contribution is 8.12. The Morgan fingerprint density at radius 1 is 1.56 bits per heavy atom. The van der Waals surface area contributed by atoms with E-state index in [-0.39, 0.29) is 5.24 Å². The van der Waals surface area contributed by atoms with Crippen molar-refractivity contribution in [3.8, 4) is 0 Å². The Balaban J connectivity index is 3.50. The summed E-state index contributed by atoms with van der Waals surface area (Å²) in [4.78, 5) is 10.5. The summed E-state index contributed by atoms with van der Waals surface area (Å²) in [5.41, 5.74) is 3.19. The summed E-state index contributed by atoms with van der Waals surface area (Å²) in [6, 6.07) is 0. The number of nitrogens with one attached hydrogen (secondary N) is 1. The van der Waals surface area contributed by atoms with E-state index in [2.05, 4.69) is 10.5 Å². The number of hydrogen-bond acceptors (Lipinski definition) is 3. The fourth-order valence-electron chi connectivity index (χ4n) is 0.203. The fourth-order valence-corrected chi connectivity index (χ4v) is 0.340. The number of nitrogens with zero attached hydrogens (tertiary/aromatic N) is 1. The number of carbonyl (C=O) groups is 1. The molecule has 1 amide bonds. The van der Waals surface area contributed by atoms with E-state index in [1.165, 1.54) is 0 Å². The van der Waals surface area contributed by atoms with Gasteiger partial charge in [0.1, 0.15) is 0 Å². The van der Waals surface area contributed by atoms with Crippen LogP contribution in [0.2, 0.25) is 0 Å². The van der Waals surface area contributed by atoms with Crippen LogP contribution < -0.4 is 5.43 Å². The third kappa shape index (κ3) is 5.36. The van der Waals surface area contributed by atoms with Gasteiger partial charge in [0, 0.05) is 5.71 Å². The Kier molecular flexibility index (Phi) is 4.13. The van der Waals surface area contributed by atoms with Gasteiger partial charge >= 0.3 is 0 Å². The maximum atomic E-state index is 10.5. The Bertz CT molecular complexity index is 129. The van der Waals surface area contributed by atoms with Gasteiger partial charge in [0.05, 0.1) is 0 Å². The normalized spacial score (nSPS) is 8.33. The van der Waals surface area contributed by atoms with Crippen molar-refractivity contribution in [2.75, 3.05) is 6.26 Å². The highest BCUT2D eigenvalue weighted by atomic mass is 32.2. The molecule has 1 N–H and O–H groups in total. The zero-order valence-corrected chi connectivity index (χ0v) is 6.58. The van der Waals surface area contributed by atoms with E-state index in [1.54, 1.807) is 6.26 Å². The highest BCUT2D eigenvalue weighted by Gasteiger charge is 1.91. The summed E-state index contributed by atoms with van der Waals surface area (Å²) in [7, 11) is 0. The molecule has 4 heteroatoms. The Labute approximate surface area is 58.9 Å². The zero-order valence-electron chi connectivity index (χ0n) is 5.76. The smallest absolute Gasteiger partial charge is 0.260 e. The molecular weight excluding hydrogens is 136 g/mol. The molecule has 0 spiro atoms. The summed E-state index contributed by atoms with van der Waals surface area (Å²) in [6.07, 6.45) is 1.70. The van der Waals surface area contributed by atoms with Crippen LogP contribution in [0.3, 0.4) is 0 Å². The van der Waals surface area contributed by atoms with E-state index in [0.29, 0.717) is 0 Å². The van der Waals surface area contributed by atoms with Gasteiger partial charge in [-0.15, -0.1) is 0 Å². The van der Waals surface area contributed by atoms with Crippen molar-refractivity contribution in [3.63, 3.8) is 0 Å². The summed E-state index contributed by atoms with van der Waals surface area (Å²) in [5.74, 6) is 0. The van der Waals surface area contributed by atoms with E-state index in [1.807, 2.05) is 13.8 Å². The Morgan fingerprint density at radius 2 is 2.11 bits per heavy atom. The standard InChI is InChI=1S/C5H10N2OS/c1-4(2)6-7-5(8)9-3/h1-3H3,(H,7,8). The number of carbonyl (C=O) groups excluding carboxylic acids is 1. The average molecular weight is 146 g/mol. The largest absolute Gasteiger partial charge is 0.298 e. The van der Waals surface area contributed by atoms with Gasteiger partial charge in [0.25, 0.3) is 5.24 Å². The lowest BCUT2D eigenvalue weighted by Crippen LogP contribution is -2.11. The predicted molar refractivity (Wildman–Crippen MR) is 40.8 cm³/mol. The second-order valence-electron chi connectivity index (χ2n) is 1.66. The molecule has 0 aromatic heterocycles. The molecule has 0 bridgehead atoms. The van der Waals surface area contributed by atoms with Crippen LogP contribution >= 0.6 is 11.8 Å². The molecule has 3 nitrogen and oxygen atoms in total. The third-order valence-electron chi connectivity index (χ3n) is 0.556.